The summed E-state index contributed by atoms with van der Waals surface area (Å²) in [7, 11) is 0. The Kier molecular flexibility index (Phi) is 5.85. The number of ether oxygens (including phenoxy) is 1. The first-order chi connectivity index (χ1) is 11.8. The third-order valence-corrected chi connectivity index (χ3v) is 5.52. The number of carbonyl (C=O) groups excluding carboxylic acids is 1. The lowest BCUT2D eigenvalue weighted by atomic mass is 9.78. The number of rotatable bonds is 5. The highest BCUT2D eigenvalue weighted by molar-refractivity contribution is 5.86. The summed E-state index contributed by atoms with van der Waals surface area (Å²) in [5.74, 6) is 0.194. The first-order valence-electron chi connectivity index (χ1n) is 9.30. The number of morpholine rings is 1. The summed E-state index contributed by atoms with van der Waals surface area (Å²) in [4.78, 5) is 19.9. The molecule has 2 heterocycles. The monoisotopic (exact) mass is 331 g/mol. The summed E-state index contributed by atoms with van der Waals surface area (Å²) < 4.78 is 5.51. The summed E-state index contributed by atoms with van der Waals surface area (Å²) in [6.07, 6.45) is 9.93. The minimum absolute atomic E-state index is 0.0334. The molecule has 1 unspecified atom stereocenters. The van der Waals surface area contributed by atoms with E-state index in [1.807, 2.05) is 18.3 Å². The van der Waals surface area contributed by atoms with E-state index in [1.165, 1.54) is 6.42 Å². The summed E-state index contributed by atoms with van der Waals surface area (Å²) >= 11 is 0. The van der Waals surface area contributed by atoms with Crippen molar-refractivity contribution in [2.24, 2.45) is 0 Å². The topological polar surface area (TPSA) is 54.5 Å². The number of pyridine rings is 1. The van der Waals surface area contributed by atoms with Gasteiger partial charge in [-0.15, -0.1) is 0 Å². The van der Waals surface area contributed by atoms with Crippen LogP contribution in [0.1, 0.15) is 57.1 Å². The summed E-state index contributed by atoms with van der Waals surface area (Å²) in [5.41, 5.74) is 0.735. The quantitative estimate of drug-likeness (QED) is 0.901. The Morgan fingerprint density at radius 2 is 2.08 bits per heavy atom. The molecule has 1 aliphatic carbocycles. The van der Waals surface area contributed by atoms with Gasteiger partial charge in [-0.3, -0.25) is 14.7 Å². The average molecular weight is 331 g/mol. The van der Waals surface area contributed by atoms with Gasteiger partial charge in [0, 0.05) is 25.5 Å². The Morgan fingerprint density at radius 1 is 1.33 bits per heavy atom. The van der Waals surface area contributed by atoms with Gasteiger partial charge in [0.2, 0.25) is 5.91 Å². The number of aromatic nitrogens is 1. The first kappa shape index (κ1) is 17.4. The van der Waals surface area contributed by atoms with E-state index in [0.717, 1.165) is 64.0 Å². The Labute approximate surface area is 144 Å². The maximum absolute atomic E-state index is 13.3. The van der Waals surface area contributed by atoms with E-state index in [-0.39, 0.29) is 17.5 Å². The van der Waals surface area contributed by atoms with E-state index < -0.39 is 0 Å². The van der Waals surface area contributed by atoms with Crippen molar-refractivity contribution in [2.45, 2.75) is 57.0 Å². The zero-order valence-corrected chi connectivity index (χ0v) is 14.7. The standard InChI is InChI=1S/C19H29N3O2/c1-2-17(16-7-6-10-20-15-16)21-18(23)19(8-4-3-5-9-19)22-11-13-24-14-12-22/h6-7,10,15,17H,2-5,8-9,11-14H2,1H3,(H,21,23). The van der Waals surface area contributed by atoms with Crippen molar-refractivity contribution in [2.75, 3.05) is 26.3 Å². The van der Waals surface area contributed by atoms with Crippen LogP contribution in [0, 0.1) is 0 Å². The molecule has 1 saturated heterocycles. The maximum atomic E-state index is 13.3. The molecule has 3 rings (SSSR count). The highest BCUT2D eigenvalue weighted by atomic mass is 16.5. The Morgan fingerprint density at radius 3 is 2.71 bits per heavy atom. The van der Waals surface area contributed by atoms with Crippen LogP contribution in [0.15, 0.2) is 24.5 Å². The van der Waals surface area contributed by atoms with E-state index in [9.17, 15) is 4.79 Å². The van der Waals surface area contributed by atoms with Crippen molar-refractivity contribution in [3.63, 3.8) is 0 Å². The molecule has 5 nitrogen and oxygen atoms in total. The van der Waals surface area contributed by atoms with Crippen molar-refractivity contribution in [1.29, 1.82) is 0 Å². The average Bonchev–Trinajstić information content (AvgIpc) is 2.67. The van der Waals surface area contributed by atoms with E-state index in [2.05, 4.69) is 22.1 Å². The Bertz CT molecular complexity index is 523. The molecule has 1 amide bonds. The van der Waals surface area contributed by atoms with Gasteiger partial charge in [0.1, 0.15) is 5.54 Å². The van der Waals surface area contributed by atoms with Gasteiger partial charge < -0.3 is 10.1 Å². The molecule has 1 aromatic heterocycles. The molecule has 0 aromatic carbocycles. The van der Waals surface area contributed by atoms with Crippen LogP contribution in [0.2, 0.25) is 0 Å². The molecule has 1 aliphatic heterocycles. The van der Waals surface area contributed by atoms with Crippen molar-refractivity contribution >= 4 is 5.91 Å². The minimum Gasteiger partial charge on any atom is -0.379 e. The van der Waals surface area contributed by atoms with Crippen LogP contribution in [-0.2, 0) is 9.53 Å². The molecular formula is C19H29N3O2. The van der Waals surface area contributed by atoms with Crippen LogP contribution in [-0.4, -0.2) is 47.6 Å². The van der Waals surface area contributed by atoms with Crippen molar-refractivity contribution in [3.05, 3.63) is 30.1 Å². The van der Waals surface area contributed by atoms with Gasteiger partial charge in [0.05, 0.1) is 19.3 Å². The summed E-state index contributed by atoms with van der Waals surface area (Å²) in [6, 6.07) is 4.01. The predicted molar refractivity (Wildman–Crippen MR) is 93.6 cm³/mol. The van der Waals surface area contributed by atoms with Crippen LogP contribution in [0.3, 0.4) is 0 Å². The summed E-state index contributed by atoms with van der Waals surface area (Å²) in [5, 5.41) is 3.33. The molecule has 2 aliphatic rings. The zero-order valence-electron chi connectivity index (χ0n) is 14.7. The largest absolute Gasteiger partial charge is 0.379 e. The third kappa shape index (κ3) is 3.62. The van der Waals surface area contributed by atoms with Gasteiger partial charge >= 0.3 is 0 Å². The number of nitrogens with one attached hydrogen (secondary N) is 1. The van der Waals surface area contributed by atoms with Crippen LogP contribution in [0.5, 0.6) is 0 Å². The predicted octanol–water partition coefficient (Wildman–Crippen LogP) is 2.68. The molecule has 1 aromatic rings. The molecule has 0 bridgehead atoms. The second-order valence-corrected chi connectivity index (χ2v) is 6.91. The lowest BCUT2D eigenvalue weighted by Gasteiger charge is -2.47. The molecule has 5 heteroatoms. The van der Waals surface area contributed by atoms with Crippen LogP contribution >= 0.6 is 0 Å². The van der Waals surface area contributed by atoms with E-state index in [0.29, 0.717) is 0 Å². The van der Waals surface area contributed by atoms with Gasteiger partial charge in [-0.2, -0.15) is 0 Å². The second-order valence-electron chi connectivity index (χ2n) is 6.91. The molecule has 1 N–H and O–H groups in total. The van der Waals surface area contributed by atoms with Crippen molar-refractivity contribution < 1.29 is 9.53 Å². The maximum Gasteiger partial charge on any atom is 0.241 e. The molecule has 1 saturated carbocycles. The van der Waals surface area contributed by atoms with E-state index >= 15 is 0 Å². The molecule has 2 fully saturated rings. The molecule has 0 spiro atoms. The lowest BCUT2D eigenvalue weighted by molar-refractivity contribution is -0.141. The van der Waals surface area contributed by atoms with E-state index in [1.54, 1.807) is 6.20 Å². The highest BCUT2D eigenvalue weighted by Crippen LogP contribution is 2.35. The number of nitrogens with zero attached hydrogens (tertiary/aromatic N) is 2. The van der Waals surface area contributed by atoms with Crippen LogP contribution in [0.25, 0.3) is 0 Å². The molecule has 132 valence electrons. The van der Waals surface area contributed by atoms with Gasteiger partial charge in [0.25, 0.3) is 0 Å². The van der Waals surface area contributed by atoms with Crippen molar-refractivity contribution in [3.8, 4) is 0 Å². The fourth-order valence-corrected chi connectivity index (χ4v) is 4.11. The lowest BCUT2D eigenvalue weighted by Crippen LogP contribution is -2.62. The number of hydrogen-bond acceptors (Lipinski definition) is 4. The third-order valence-electron chi connectivity index (χ3n) is 5.52. The number of amides is 1. The van der Waals surface area contributed by atoms with E-state index in [4.69, 9.17) is 4.74 Å². The Hall–Kier alpha value is -1.46. The second kappa shape index (κ2) is 8.08. The van der Waals surface area contributed by atoms with Gasteiger partial charge in [0.15, 0.2) is 0 Å². The molecular weight excluding hydrogens is 302 g/mol. The van der Waals surface area contributed by atoms with Crippen molar-refractivity contribution in [1.82, 2.24) is 15.2 Å². The highest BCUT2D eigenvalue weighted by Gasteiger charge is 2.45. The van der Waals surface area contributed by atoms with Gasteiger partial charge in [-0.05, 0) is 30.9 Å². The molecule has 24 heavy (non-hydrogen) atoms. The van der Waals surface area contributed by atoms with Gasteiger partial charge in [-0.1, -0.05) is 32.3 Å². The normalized spacial score (nSPS) is 22.7. The molecule has 1 atom stereocenters. The Balaban J connectivity index is 1.77. The first-order valence-corrected chi connectivity index (χ1v) is 9.30. The smallest absolute Gasteiger partial charge is 0.241 e. The van der Waals surface area contributed by atoms with Crippen LogP contribution in [0.4, 0.5) is 0 Å². The zero-order chi connectivity index (χ0) is 16.8. The van der Waals surface area contributed by atoms with Gasteiger partial charge in [-0.25, -0.2) is 0 Å². The fourth-order valence-electron chi connectivity index (χ4n) is 4.11. The van der Waals surface area contributed by atoms with Crippen LogP contribution < -0.4 is 5.32 Å². The number of hydrogen-bond donors (Lipinski definition) is 1. The minimum atomic E-state index is -0.350. The fraction of sp³-hybridized carbons (Fsp3) is 0.684. The molecule has 0 radical (unpaired) electrons. The number of carbonyl (C=O) groups is 1. The SMILES string of the molecule is CCC(NC(=O)C1(N2CCOCC2)CCCCC1)c1cccnc1. The summed E-state index contributed by atoms with van der Waals surface area (Å²) in [6.45, 7) is 5.29.